The quantitative estimate of drug-likeness (QED) is 0.567. The van der Waals surface area contributed by atoms with E-state index in [4.69, 9.17) is 4.42 Å². The summed E-state index contributed by atoms with van der Waals surface area (Å²) < 4.78 is 21.7. The first-order chi connectivity index (χ1) is 14.0. The summed E-state index contributed by atoms with van der Waals surface area (Å²) >= 11 is 0. The van der Waals surface area contributed by atoms with E-state index < -0.39 is 5.97 Å². The Bertz CT molecular complexity index is 1210. The maximum Gasteiger partial charge on any atom is 0.323 e. The standard InChI is InChI=1S/C22H20FN3O3/c1-25(22-24-17-4-2-3-5-20(17)29-22)14-7-9-19-16(11-14)15-10-13(23)6-8-18(15)26(19)12-21(27)28/h2-6,8,10,14H,7,9,11-12H2,1H3,(H,27,28). The van der Waals surface area contributed by atoms with E-state index in [0.29, 0.717) is 18.9 Å². The van der Waals surface area contributed by atoms with Crippen molar-refractivity contribution in [2.24, 2.45) is 0 Å². The van der Waals surface area contributed by atoms with Gasteiger partial charge in [-0.25, -0.2) is 4.39 Å². The van der Waals surface area contributed by atoms with Crippen LogP contribution in [0.3, 0.4) is 0 Å². The van der Waals surface area contributed by atoms with Gasteiger partial charge >= 0.3 is 5.97 Å². The molecule has 1 atom stereocenters. The minimum absolute atomic E-state index is 0.122. The Hall–Kier alpha value is -3.35. The second-order valence-corrected chi connectivity index (χ2v) is 7.54. The highest BCUT2D eigenvalue weighted by atomic mass is 19.1. The van der Waals surface area contributed by atoms with Crippen molar-refractivity contribution in [2.75, 3.05) is 11.9 Å². The zero-order valence-electron chi connectivity index (χ0n) is 15.9. The molecule has 1 unspecified atom stereocenters. The molecule has 0 saturated carbocycles. The summed E-state index contributed by atoms with van der Waals surface area (Å²) in [6.45, 7) is -0.122. The predicted octanol–water partition coefficient (Wildman–Crippen LogP) is 4.00. The Morgan fingerprint density at radius 1 is 1.34 bits per heavy atom. The van der Waals surface area contributed by atoms with E-state index in [0.717, 1.165) is 39.7 Å². The zero-order valence-corrected chi connectivity index (χ0v) is 15.9. The topological polar surface area (TPSA) is 71.5 Å². The molecule has 0 aliphatic heterocycles. The van der Waals surface area contributed by atoms with Crippen molar-refractivity contribution in [3.05, 3.63) is 59.5 Å². The number of likely N-dealkylation sites (N-methyl/N-ethyl adjacent to an activating group) is 1. The van der Waals surface area contributed by atoms with Crippen LogP contribution in [-0.4, -0.2) is 33.7 Å². The maximum atomic E-state index is 14.0. The number of aromatic nitrogens is 2. The normalized spacial score (nSPS) is 16.3. The van der Waals surface area contributed by atoms with Crippen molar-refractivity contribution in [1.29, 1.82) is 0 Å². The molecule has 4 aromatic rings. The van der Waals surface area contributed by atoms with Crippen LogP contribution in [0.2, 0.25) is 0 Å². The third kappa shape index (κ3) is 2.93. The molecule has 6 nitrogen and oxygen atoms in total. The molecule has 2 aromatic heterocycles. The van der Waals surface area contributed by atoms with Crippen molar-refractivity contribution in [1.82, 2.24) is 9.55 Å². The summed E-state index contributed by atoms with van der Waals surface area (Å²) in [6, 6.07) is 12.9. The van der Waals surface area contributed by atoms with Gasteiger partial charge < -0.3 is 19.0 Å². The summed E-state index contributed by atoms with van der Waals surface area (Å²) in [5.74, 6) is -1.22. The molecule has 0 bridgehead atoms. The van der Waals surface area contributed by atoms with Crippen molar-refractivity contribution in [3.63, 3.8) is 0 Å². The van der Waals surface area contributed by atoms with Gasteiger partial charge in [0.2, 0.25) is 0 Å². The van der Waals surface area contributed by atoms with Crippen molar-refractivity contribution >= 4 is 34.0 Å². The molecule has 0 amide bonds. The van der Waals surface area contributed by atoms with Crippen LogP contribution in [0.1, 0.15) is 17.7 Å². The Labute approximate surface area is 166 Å². The van der Waals surface area contributed by atoms with Crippen LogP contribution in [0.5, 0.6) is 0 Å². The molecule has 1 aliphatic rings. The summed E-state index contributed by atoms with van der Waals surface area (Å²) in [6.07, 6.45) is 2.23. The van der Waals surface area contributed by atoms with E-state index in [9.17, 15) is 14.3 Å². The number of benzene rings is 2. The number of fused-ring (bicyclic) bond motifs is 4. The van der Waals surface area contributed by atoms with Crippen LogP contribution in [0, 0.1) is 5.82 Å². The number of hydrogen-bond acceptors (Lipinski definition) is 4. The Kier molecular flexibility index (Phi) is 4.04. The van der Waals surface area contributed by atoms with Gasteiger partial charge in [0, 0.05) is 29.7 Å². The van der Waals surface area contributed by atoms with E-state index in [2.05, 4.69) is 4.98 Å². The van der Waals surface area contributed by atoms with E-state index >= 15 is 0 Å². The van der Waals surface area contributed by atoms with Gasteiger partial charge in [0.1, 0.15) is 17.9 Å². The monoisotopic (exact) mass is 393 g/mol. The lowest BCUT2D eigenvalue weighted by Crippen LogP contribution is -2.37. The third-order valence-electron chi connectivity index (χ3n) is 5.83. The number of nitrogens with zero attached hydrogens (tertiary/aromatic N) is 3. The second-order valence-electron chi connectivity index (χ2n) is 7.54. The lowest BCUT2D eigenvalue weighted by atomic mass is 9.90. The molecule has 2 heterocycles. The average molecular weight is 393 g/mol. The molecule has 0 spiro atoms. The molecule has 29 heavy (non-hydrogen) atoms. The summed E-state index contributed by atoms with van der Waals surface area (Å²) in [5, 5.41) is 10.1. The smallest absolute Gasteiger partial charge is 0.323 e. The number of anilines is 1. The summed E-state index contributed by atoms with van der Waals surface area (Å²) in [4.78, 5) is 18.0. The highest BCUT2D eigenvalue weighted by Gasteiger charge is 2.30. The number of carboxylic acids is 1. The zero-order chi connectivity index (χ0) is 20.1. The minimum Gasteiger partial charge on any atom is -0.480 e. The average Bonchev–Trinajstić information content (AvgIpc) is 3.26. The van der Waals surface area contributed by atoms with Crippen molar-refractivity contribution in [2.45, 2.75) is 31.8 Å². The molecule has 2 aromatic carbocycles. The van der Waals surface area contributed by atoms with Crippen LogP contribution in [0.4, 0.5) is 10.4 Å². The van der Waals surface area contributed by atoms with E-state index in [1.165, 1.54) is 12.1 Å². The fraction of sp³-hybridized carbons (Fsp3) is 0.273. The first kappa shape index (κ1) is 17.7. The first-order valence-electron chi connectivity index (χ1n) is 9.61. The number of para-hydroxylation sites is 2. The van der Waals surface area contributed by atoms with Crippen LogP contribution in [0.25, 0.3) is 22.0 Å². The molecule has 148 valence electrons. The van der Waals surface area contributed by atoms with E-state index in [1.54, 1.807) is 6.07 Å². The Balaban J connectivity index is 1.53. The van der Waals surface area contributed by atoms with Gasteiger partial charge in [-0.1, -0.05) is 12.1 Å². The van der Waals surface area contributed by atoms with Crippen LogP contribution in [0.15, 0.2) is 46.9 Å². The second kappa shape index (κ2) is 6.62. The van der Waals surface area contributed by atoms with Crippen molar-refractivity contribution in [3.8, 4) is 0 Å². The molecule has 5 rings (SSSR count). The van der Waals surface area contributed by atoms with Gasteiger partial charge in [-0.2, -0.15) is 4.98 Å². The Morgan fingerprint density at radius 3 is 2.97 bits per heavy atom. The first-order valence-corrected chi connectivity index (χ1v) is 9.61. The fourth-order valence-corrected chi connectivity index (χ4v) is 4.42. The van der Waals surface area contributed by atoms with Crippen LogP contribution >= 0.6 is 0 Å². The van der Waals surface area contributed by atoms with E-state index in [-0.39, 0.29) is 18.4 Å². The SMILES string of the molecule is CN(c1nc2ccccc2o1)C1CCc2c(c3cc(F)ccc3n2CC(=O)O)C1. The molecular formula is C22H20FN3O3. The number of halogens is 1. The molecule has 0 radical (unpaired) electrons. The number of carboxylic acid groups (broad SMARTS) is 1. The van der Waals surface area contributed by atoms with Gasteiger partial charge in [0.15, 0.2) is 5.58 Å². The fourth-order valence-electron chi connectivity index (χ4n) is 4.42. The largest absolute Gasteiger partial charge is 0.480 e. The van der Waals surface area contributed by atoms with Gasteiger partial charge in [0.05, 0.1) is 0 Å². The lowest BCUT2D eigenvalue weighted by molar-refractivity contribution is -0.137. The number of oxazole rings is 1. The third-order valence-corrected chi connectivity index (χ3v) is 5.83. The molecular weight excluding hydrogens is 373 g/mol. The van der Waals surface area contributed by atoms with E-state index in [1.807, 2.05) is 40.8 Å². The van der Waals surface area contributed by atoms with Crippen molar-refractivity contribution < 1.29 is 18.7 Å². The molecule has 1 N–H and O–H groups in total. The van der Waals surface area contributed by atoms with Gasteiger partial charge in [-0.05, 0) is 55.2 Å². The van der Waals surface area contributed by atoms with Crippen LogP contribution < -0.4 is 4.90 Å². The predicted molar refractivity (Wildman–Crippen MR) is 108 cm³/mol. The number of aliphatic carboxylic acids is 1. The van der Waals surface area contributed by atoms with Gasteiger partial charge in [0.25, 0.3) is 6.01 Å². The summed E-state index contributed by atoms with van der Waals surface area (Å²) in [5.41, 5.74) is 4.32. The molecule has 1 aliphatic carbocycles. The minimum atomic E-state index is -0.903. The molecule has 7 heteroatoms. The summed E-state index contributed by atoms with van der Waals surface area (Å²) in [7, 11) is 1.96. The van der Waals surface area contributed by atoms with Crippen LogP contribution in [-0.2, 0) is 24.2 Å². The number of hydrogen-bond donors (Lipinski definition) is 1. The Morgan fingerprint density at radius 2 is 2.17 bits per heavy atom. The molecule has 0 saturated heterocycles. The highest BCUT2D eigenvalue weighted by Crippen LogP contribution is 2.35. The maximum absolute atomic E-state index is 14.0. The number of carbonyl (C=O) groups is 1. The van der Waals surface area contributed by atoms with Gasteiger partial charge in [-0.3, -0.25) is 4.79 Å². The number of rotatable bonds is 4. The highest BCUT2D eigenvalue weighted by molar-refractivity contribution is 5.87. The van der Waals surface area contributed by atoms with Gasteiger partial charge in [-0.15, -0.1) is 0 Å². The lowest BCUT2D eigenvalue weighted by Gasteiger charge is -2.31. The molecule has 0 fully saturated rings.